The van der Waals surface area contributed by atoms with Crippen LogP contribution >= 0.6 is 11.3 Å². The third-order valence-electron chi connectivity index (χ3n) is 6.34. The number of aromatic nitrogens is 3. The van der Waals surface area contributed by atoms with Crippen LogP contribution in [-0.2, 0) is 6.54 Å². The Labute approximate surface area is 179 Å². The first-order valence-corrected chi connectivity index (χ1v) is 11.4. The number of nitrogens with one attached hydrogen (secondary N) is 1. The second kappa shape index (κ2) is 7.29. The number of H-pyrrole nitrogens is 1. The maximum absolute atomic E-state index is 13.0. The normalized spacial score (nSPS) is 17.0. The lowest BCUT2D eigenvalue weighted by molar-refractivity contribution is 0.0692. The number of nitrogens with zero attached hydrogens (tertiary/aromatic N) is 3. The third kappa shape index (κ3) is 3.44. The van der Waals surface area contributed by atoms with E-state index in [-0.39, 0.29) is 11.1 Å². The van der Waals surface area contributed by atoms with E-state index < -0.39 is 0 Å². The minimum Gasteiger partial charge on any atom is -0.305 e. The molecule has 1 N–H and O–H groups in total. The van der Waals surface area contributed by atoms with Gasteiger partial charge in [-0.25, -0.2) is 4.98 Å². The highest BCUT2D eigenvalue weighted by Gasteiger charge is 2.29. The second-order valence-electron chi connectivity index (χ2n) is 8.94. The summed E-state index contributed by atoms with van der Waals surface area (Å²) in [6, 6.07) is 8.23. The van der Waals surface area contributed by atoms with Gasteiger partial charge in [0.1, 0.15) is 5.69 Å². The van der Waals surface area contributed by atoms with Gasteiger partial charge in [-0.2, -0.15) is 0 Å². The van der Waals surface area contributed by atoms with E-state index in [0.29, 0.717) is 16.9 Å². The molecule has 154 valence electrons. The Morgan fingerprint density at radius 1 is 1.23 bits per heavy atom. The lowest BCUT2D eigenvalue weighted by atomic mass is 9.90. The molecule has 30 heavy (non-hydrogen) atoms. The van der Waals surface area contributed by atoms with Crippen molar-refractivity contribution in [2.45, 2.75) is 52.1 Å². The van der Waals surface area contributed by atoms with Crippen molar-refractivity contribution in [2.75, 3.05) is 6.54 Å². The Balaban J connectivity index is 1.55. The summed E-state index contributed by atoms with van der Waals surface area (Å²) in [5.74, 6) is 0.524. The lowest BCUT2D eigenvalue weighted by Gasteiger charge is -2.42. The summed E-state index contributed by atoms with van der Waals surface area (Å²) in [5, 5.41) is 3.80. The molecule has 4 aromatic rings. The zero-order chi connectivity index (χ0) is 20.9. The van der Waals surface area contributed by atoms with Gasteiger partial charge in [0.05, 0.1) is 10.9 Å². The molecule has 0 atom stereocenters. The summed E-state index contributed by atoms with van der Waals surface area (Å²) in [4.78, 5) is 27.8. The fraction of sp³-hybridized carbons (Fsp3) is 0.375. The quantitative estimate of drug-likeness (QED) is 0.492. The van der Waals surface area contributed by atoms with E-state index in [0.717, 1.165) is 34.3 Å². The number of pyridine rings is 1. The molecule has 0 spiro atoms. The average Bonchev–Trinajstić information content (AvgIpc) is 3.18. The number of thiophene rings is 1. The van der Waals surface area contributed by atoms with Gasteiger partial charge in [-0.15, -0.1) is 11.3 Å². The van der Waals surface area contributed by atoms with Crippen LogP contribution in [0.2, 0.25) is 0 Å². The molecule has 0 radical (unpaired) electrons. The summed E-state index contributed by atoms with van der Waals surface area (Å²) in [6.45, 7) is 8.64. The monoisotopic (exact) mass is 418 g/mol. The first-order chi connectivity index (χ1) is 14.4. The molecular weight excluding hydrogens is 392 g/mol. The fourth-order valence-corrected chi connectivity index (χ4v) is 5.32. The van der Waals surface area contributed by atoms with E-state index in [1.165, 1.54) is 24.8 Å². The predicted octanol–water partition coefficient (Wildman–Crippen LogP) is 5.27. The first kappa shape index (κ1) is 19.4. The average molecular weight is 419 g/mol. The van der Waals surface area contributed by atoms with Crippen LogP contribution in [0.5, 0.6) is 0 Å². The molecule has 1 saturated heterocycles. The predicted molar refractivity (Wildman–Crippen MR) is 124 cm³/mol. The van der Waals surface area contributed by atoms with Gasteiger partial charge in [0.15, 0.2) is 5.82 Å². The standard InChI is InChI=1S/C24H26N4OS/c1-15-10-16(14-28-8-5-4-7-24(28,2)3)11-18-21(15)26-22(27-23(18)29)19-12-20-17(13-25-19)6-9-30-20/h6,9-13H,4-5,7-8,14H2,1-3H3,(H,26,27,29). The minimum atomic E-state index is -0.106. The number of hydrogen-bond donors (Lipinski definition) is 1. The van der Waals surface area contributed by atoms with E-state index in [2.05, 4.69) is 34.8 Å². The number of likely N-dealkylation sites (tertiary alicyclic amines) is 1. The lowest BCUT2D eigenvalue weighted by Crippen LogP contribution is -2.46. The summed E-state index contributed by atoms with van der Waals surface area (Å²) >= 11 is 1.66. The second-order valence-corrected chi connectivity index (χ2v) is 9.89. The number of piperidine rings is 1. The molecule has 1 aliphatic rings. The summed E-state index contributed by atoms with van der Waals surface area (Å²) in [6.07, 6.45) is 5.58. The van der Waals surface area contributed by atoms with Gasteiger partial charge in [-0.05, 0) is 74.9 Å². The highest BCUT2D eigenvalue weighted by molar-refractivity contribution is 7.17. The van der Waals surface area contributed by atoms with Crippen LogP contribution in [-0.4, -0.2) is 31.9 Å². The molecule has 5 nitrogen and oxygen atoms in total. The number of rotatable bonds is 3. The highest BCUT2D eigenvalue weighted by Crippen LogP contribution is 2.30. The highest BCUT2D eigenvalue weighted by atomic mass is 32.1. The maximum atomic E-state index is 13.0. The van der Waals surface area contributed by atoms with Crippen molar-refractivity contribution in [3.05, 3.63) is 57.3 Å². The van der Waals surface area contributed by atoms with Crippen molar-refractivity contribution in [1.29, 1.82) is 0 Å². The molecule has 3 aromatic heterocycles. The molecule has 0 bridgehead atoms. The van der Waals surface area contributed by atoms with E-state index in [1.807, 2.05) is 36.7 Å². The maximum Gasteiger partial charge on any atom is 0.259 e. The minimum absolute atomic E-state index is 0.106. The van der Waals surface area contributed by atoms with Crippen molar-refractivity contribution < 1.29 is 0 Å². The molecular formula is C24H26N4OS. The summed E-state index contributed by atoms with van der Waals surface area (Å²) in [5.41, 5.74) is 3.74. The Kier molecular flexibility index (Phi) is 4.71. The summed E-state index contributed by atoms with van der Waals surface area (Å²) in [7, 11) is 0. The van der Waals surface area contributed by atoms with Crippen LogP contribution in [0.1, 0.15) is 44.2 Å². The molecule has 1 aliphatic heterocycles. The van der Waals surface area contributed by atoms with Crippen molar-refractivity contribution in [2.24, 2.45) is 0 Å². The van der Waals surface area contributed by atoms with Crippen LogP contribution < -0.4 is 5.56 Å². The summed E-state index contributed by atoms with van der Waals surface area (Å²) < 4.78 is 1.14. The van der Waals surface area contributed by atoms with Gasteiger partial charge in [-0.1, -0.05) is 12.5 Å². The zero-order valence-corrected chi connectivity index (χ0v) is 18.5. The van der Waals surface area contributed by atoms with Crippen LogP contribution in [0.3, 0.4) is 0 Å². The van der Waals surface area contributed by atoms with Gasteiger partial charge in [0.2, 0.25) is 0 Å². The largest absolute Gasteiger partial charge is 0.305 e. The zero-order valence-electron chi connectivity index (χ0n) is 17.7. The molecule has 4 heterocycles. The Hall–Kier alpha value is -2.57. The molecule has 1 fully saturated rings. The number of aryl methyl sites for hydroxylation is 1. The van der Waals surface area contributed by atoms with Crippen LogP contribution in [0, 0.1) is 6.92 Å². The van der Waals surface area contributed by atoms with Gasteiger partial charge < -0.3 is 4.98 Å². The van der Waals surface area contributed by atoms with Crippen molar-refractivity contribution in [3.8, 4) is 11.5 Å². The first-order valence-electron chi connectivity index (χ1n) is 10.5. The number of hydrogen-bond acceptors (Lipinski definition) is 5. The van der Waals surface area contributed by atoms with Crippen molar-refractivity contribution >= 4 is 32.3 Å². The van der Waals surface area contributed by atoms with Crippen LogP contribution in [0.25, 0.3) is 32.5 Å². The molecule has 0 saturated carbocycles. The molecule has 0 aliphatic carbocycles. The number of aromatic amines is 1. The molecule has 0 unspecified atom stereocenters. The number of benzene rings is 1. The van der Waals surface area contributed by atoms with Gasteiger partial charge in [0, 0.05) is 28.4 Å². The van der Waals surface area contributed by atoms with E-state index >= 15 is 0 Å². The SMILES string of the molecule is Cc1cc(CN2CCCCC2(C)C)cc2c(=O)[nH]c(-c3cc4sccc4cn3)nc12. The number of fused-ring (bicyclic) bond motifs is 2. The molecule has 0 amide bonds. The Bertz CT molecular complexity index is 1300. The molecule has 5 rings (SSSR count). The van der Waals surface area contributed by atoms with E-state index in [4.69, 9.17) is 4.98 Å². The molecule has 6 heteroatoms. The van der Waals surface area contributed by atoms with Gasteiger partial charge in [0.25, 0.3) is 5.56 Å². The van der Waals surface area contributed by atoms with Crippen LogP contribution in [0.4, 0.5) is 0 Å². The van der Waals surface area contributed by atoms with Crippen LogP contribution in [0.15, 0.2) is 40.6 Å². The van der Waals surface area contributed by atoms with E-state index in [9.17, 15) is 4.79 Å². The van der Waals surface area contributed by atoms with Crippen molar-refractivity contribution in [3.63, 3.8) is 0 Å². The third-order valence-corrected chi connectivity index (χ3v) is 7.22. The fourth-order valence-electron chi connectivity index (χ4n) is 4.52. The van der Waals surface area contributed by atoms with E-state index in [1.54, 1.807) is 11.3 Å². The Morgan fingerprint density at radius 2 is 2.10 bits per heavy atom. The van der Waals surface area contributed by atoms with Gasteiger partial charge >= 0.3 is 0 Å². The topological polar surface area (TPSA) is 61.9 Å². The smallest absolute Gasteiger partial charge is 0.259 e. The van der Waals surface area contributed by atoms with Gasteiger partial charge in [-0.3, -0.25) is 14.7 Å². The molecule has 1 aromatic carbocycles. The van der Waals surface area contributed by atoms with Crippen molar-refractivity contribution in [1.82, 2.24) is 19.9 Å². The Morgan fingerprint density at radius 3 is 2.93 bits per heavy atom.